The Morgan fingerprint density at radius 2 is 1.82 bits per heavy atom. The summed E-state index contributed by atoms with van der Waals surface area (Å²) in [5, 5.41) is 9.12. The fourth-order valence-electron chi connectivity index (χ4n) is 4.05. The Bertz CT molecular complexity index is 1110. The SMILES string of the molecule is COc1ccc(S(=O)(=O)N2[C@H](C)CN(c3ccc(C(F)(F)F)cn3)C[C@@H]2C)cc1CC(=O)O. The topological polar surface area (TPSA) is 100 Å². The van der Waals surface area contributed by atoms with Crippen molar-refractivity contribution in [3.8, 4) is 5.75 Å². The number of carbonyl (C=O) groups is 1. The van der Waals surface area contributed by atoms with Crippen molar-refractivity contribution in [3.63, 3.8) is 0 Å². The van der Waals surface area contributed by atoms with Crippen LogP contribution in [0, 0.1) is 0 Å². The van der Waals surface area contributed by atoms with Crippen LogP contribution in [0.2, 0.25) is 0 Å². The minimum atomic E-state index is -4.49. The monoisotopic (exact) mass is 487 g/mol. The number of sulfonamides is 1. The van der Waals surface area contributed by atoms with Gasteiger partial charge in [0.05, 0.1) is 24.0 Å². The van der Waals surface area contributed by atoms with Gasteiger partial charge >= 0.3 is 12.1 Å². The molecular weight excluding hydrogens is 463 g/mol. The summed E-state index contributed by atoms with van der Waals surface area (Å²) in [6, 6.07) is 5.26. The van der Waals surface area contributed by atoms with Gasteiger partial charge in [-0.05, 0) is 44.2 Å². The fourth-order valence-corrected chi connectivity index (χ4v) is 5.90. The van der Waals surface area contributed by atoms with E-state index in [1.54, 1.807) is 18.7 Å². The summed E-state index contributed by atoms with van der Waals surface area (Å²) in [5.74, 6) is -0.523. The maximum atomic E-state index is 13.4. The maximum Gasteiger partial charge on any atom is 0.417 e. The van der Waals surface area contributed by atoms with Gasteiger partial charge in [-0.2, -0.15) is 17.5 Å². The predicted molar refractivity (Wildman–Crippen MR) is 114 cm³/mol. The van der Waals surface area contributed by atoms with Gasteiger partial charge in [-0.25, -0.2) is 13.4 Å². The lowest BCUT2D eigenvalue weighted by Gasteiger charge is -2.43. The third-order valence-electron chi connectivity index (χ3n) is 5.41. The molecule has 2 aromatic rings. The average Bonchev–Trinajstić information content (AvgIpc) is 2.72. The molecule has 3 rings (SSSR count). The van der Waals surface area contributed by atoms with E-state index in [2.05, 4.69) is 4.98 Å². The predicted octanol–water partition coefficient (Wildman–Crippen LogP) is 3.02. The second-order valence-electron chi connectivity index (χ2n) is 7.88. The molecule has 2 heterocycles. The average molecular weight is 488 g/mol. The Kier molecular flexibility index (Phi) is 6.89. The number of aliphatic carboxylic acids is 1. The number of hydrogen-bond donors (Lipinski definition) is 1. The van der Waals surface area contributed by atoms with E-state index in [1.807, 2.05) is 0 Å². The highest BCUT2D eigenvalue weighted by molar-refractivity contribution is 7.89. The van der Waals surface area contributed by atoms with Gasteiger partial charge in [-0.3, -0.25) is 4.79 Å². The molecule has 33 heavy (non-hydrogen) atoms. The highest BCUT2D eigenvalue weighted by Gasteiger charge is 2.39. The third-order valence-corrected chi connectivity index (χ3v) is 7.53. The number of alkyl halides is 3. The largest absolute Gasteiger partial charge is 0.496 e. The van der Waals surface area contributed by atoms with Crippen molar-refractivity contribution in [1.82, 2.24) is 9.29 Å². The Morgan fingerprint density at radius 1 is 1.18 bits per heavy atom. The van der Waals surface area contributed by atoms with E-state index in [9.17, 15) is 26.4 Å². The van der Waals surface area contributed by atoms with Crippen LogP contribution >= 0.6 is 0 Å². The molecule has 2 atom stereocenters. The van der Waals surface area contributed by atoms with Crippen LogP contribution in [0.25, 0.3) is 0 Å². The Hall–Kier alpha value is -2.86. The van der Waals surface area contributed by atoms with Crippen LogP contribution in [0.4, 0.5) is 19.0 Å². The summed E-state index contributed by atoms with van der Waals surface area (Å²) < 4.78 is 71.7. The Labute approximate surface area is 189 Å². The summed E-state index contributed by atoms with van der Waals surface area (Å²) in [4.78, 5) is 16.8. The van der Waals surface area contributed by atoms with Crippen LogP contribution in [0.15, 0.2) is 41.4 Å². The Morgan fingerprint density at radius 3 is 2.30 bits per heavy atom. The first-order valence-corrected chi connectivity index (χ1v) is 11.5. The number of rotatable bonds is 6. The van der Waals surface area contributed by atoms with Gasteiger partial charge in [0.2, 0.25) is 10.0 Å². The van der Waals surface area contributed by atoms with Gasteiger partial charge in [0.25, 0.3) is 0 Å². The first-order chi connectivity index (χ1) is 15.3. The van der Waals surface area contributed by atoms with Gasteiger partial charge in [0, 0.05) is 36.9 Å². The highest BCUT2D eigenvalue weighted by Crippen LogP contribution is 2.32. The number of pyridine rings is 1. The number of benzene rings is 1. The molecule has 1 aromatic heterocycles. The zero-order chi connectivity index (χ0) is 24.6. The second-order valence-corrected chi connectivity index (χ2v) is 9.73. The van der Waals surface area contributed by atoms with E-state index in [-0.39, 0.29) is 29.3 Å². The Balaban J connectivity index is 1.86. The van der Waals surface area contributed by atoms with Crippen molar-refractivity contribution in [2.75, 3.05) is 25.1 Å². The van der Waals surface area contributed by atoms with Crippen molar-refractivity contribution >= 4 is 21.8 Å². The first kappa shape index (κ1) is 24.8. The van der Waals surface area contributed by atoms with E-state index in [1.165, 1.54) is 35.7 Å². The first-order valence-electron chi connectivity index (χ1n) is 10.0. The van der Waals surface area contributed by atoms with Gasteiger partial charge in [-0.15, -0.1) is 0 Å². The standard InChI is InChI=1S/C21H24F3N3O5S/c1-13-11-26(19-7-4-16(10-25-19)21(22,23)24)12-14(2)27(13)33(30,31)17-5-6-18(32-3)15(8-17)9-20(28)29/h4-8,10,13-14H,9,11-12H2,1-3H3,(H,28,29)/t13-,14+. The van der Waals surface area contributed by atoms with Crippen molar-refractivity contribution in [2.45, 2.75) is 43.4 Å². The lowest BCUT2D eigenvalue weighted by Crippen LogP contribution is -2.58. The number of hydrogen-bond acceptors (Lipinski definition) is 6. The molecule has 12 heteroatoms. The number of halogens is 3. The number of aromatic nitrogens is 1. The van der Waals surface area contributed by atoms with Crippen LogP contribution < -0.4 is 9.64 Å². The number of carboxylic acids is 1. The second kappa shape index (κ2) is 9.18. The molecule has 1 fully saturated rings. The van der Waals surface area contributed by atoms with Crippen molar-refractivity contribution < 1.29 is 36.2 Å². The van der Waals surface area contributed by atoms with Gasteiger partial charge in [0.15, 0.2) is 0 Å². The number of methoxy groups -OCH3 is 1. The van der Waals surface area contributed by atoms with Crippen LogP contribution in [-0.4, -0.2) is 61.1 Å². The molecule has 0 aliphatic carbocycles. The minimum absolute atomic E-state index is 0.0562. The van der Waals surface area contributed by atoms with Crippen LogP contribution in [0.1, 0.15) is 25.0 Å². The summed E-state index contributed by atoms with van der Waals surface area (Å²) in [7, 11) is -2.62. The number of anilines is 1. The maximum absolute atomic E-state index is 13.4. The smallest absolute Gasteiger partial charge is 0.417 e. The van der Waals surface area contributed by atoms with Crippen LogP contribution in [0.3, 0.4) is 0 Å². The van der Waals surface area contributed by atoms with E-state index in [0.717, 1.165) is 12.3 Å². The zero-order valence-electron chi connectivity index (χ0n) is 18.2. The zero-order valence-corrected chi connectivity index (χ0v) is 19.0. The van der Waals surface area contributed by atoms with Crippen molar-refractivity contribution in [2.24, 2.45) is 0 Å². The molecule has 0 unspecified atom stereocenters. The number of carboxylic acid groups (broad SMARTS) is 1. The molecule has 1 aromatic carbocycles. The molecule has 0 saturated carbocycles. The number of nitrogens with zero attached hydrogens (tertiary/aromatic N) is 3. The van der Waals surface area contributed by atoms with Gasteiger partial charge in [-0.1, -0.05) is 0 Å². The summed E-state index contributed by atoms with van der Waals surface area (Å²) in [5.41, 5.74) is -0.621. The molecule has 180 valence electrons. The summed E-state index contributed by atoms with van der Waals surface area (Å²) in [6.45, 7) is 3.85. The summed E-state index contributed by atoms with van der Waals surface area (Å²) >= 11 is 0. The number of piperazine rings is 1. The quantitative estimate of drug-likeness (QED) is 0.669. The molecular formula is C21H24F3N3O5S. The molecule has 0 spiro atoms. The van der Waals surface area contributed by atoms with Crippen LogP contribution in [0.5, 0.6) is 5.75 Å². The van der Waals surface area contributed by atoms with Gasteiger partial charge in [0.1, 0.15) is 11.6 Å². The molecule has 0 radical (unpaired) electrons. The highest BCUT2D eigenvalue weighted by atomic mass is 32.2. The third kappa shape index (κ3) is 5.22. The van der Waals surface area contributed by atoms with E-state index in [4.69, 9.17) is 9.84 Å². The normalized spacial score (nSPS) is 20.0. The molecule has 1 N–H and O–H groups in total. The lowest BCUT2D eigenvalue weighted by molar-refractivity contribution is -0.138. The molecule has 0 amide bonds. The van der Waals surface area contributed by atoms with Gasteiger partial charge < -0.3 is 14.7 Å². The fraction of sp³-hybridized carbons (Fsp3) is 0.429. The molecule has 8 nitrogen and oxygen atoms in total. The van der Waals surface area contributed by atoms with Crippen molar-refractivity contribution in [1.29, 1.82) is 0 Å². The van der Waals surface area contributed by atoms with Crippen LogP contribution in [-0.2, 0) is 27.4 Å². The van der Waals surface area contributed by atoms with E-state index < -0.39 is 46.2 Å². The van der Waals surface area contributed by atoms with E-state index >= 15 is 0 Å². The lowest BCUT2D eigenvalue weighted by atomic mass is 10.1. The molecule has 1 saturated heterocycles. The summed E-state index contributed by atoms with van der Waals surface area (Å²) in [6.07, 6.45) is -4.13. The van der Waals surface area contributed by atoms with Crippen molar-refractivity contribution in [3.05, 3.63) is 47.7 Å². The molecule has 0 bridgehead atoms. The van der Waals surface area contributed by atoms with E-state index in [0.29, 0.717) is 5.82 Å². The number of ether oxygens (including phenoxy) is 1. The minimum Gasteiger partial charge on any atom is -0.496 e. The molecule has 1 aliphatic rings. The molecule has 1 aliphatic heterocycles.